The molecule has 124 valence electrons. The van der Waals surface area contributed by atoms with Crippen LogP contribution in [0.25, 0.3) is 0 Å². The van der Waals surface area contributed by atoms with Gasteiger partial charge in [-0.3, -0.25) is 9.59 Å². The maximum absolute atomic E-state index is 12.2. The second kappa shape index (κ2) is 9.67. The number of hydrogen-bond donors (Lipinski definition) is 1. The Labute approximate surface area is 124 Å². The molecular formula is C13H24O8. The number of carboxylic acid groups (broad SMARTS) is 1. The number of methoxy groups -OCH3 is 4. The summed E-state index contributed by atoms with van der Waals surface area (Å²) in [5.41, 5.74) is -1.89. The van der Waals surface area contributed by atoms with E-state index in [0.29, 0.717) is 0 Å². The molecule has 0 saturated carbocycles. The summed E-state index contributed by atoms with van der Waals surface area (Å²) in [7, 11) is 5.43. The molecule has 0 amide bonds. The van der Waals surface area contributed by atoms with Gasteiger partial charge in [0.2, 0.25) is 0 Å². The Kier molecular flexibility index (Phi) is 9.11. The lowest BCUT2D eigenvalue weighted by atomic mass is 9.80. The van der Waals surface area contributed by atoms with Crippen molar-refractivity contribution in [3.8, 4) is 0 Å². The molecule has 0 aliphatic carbocycles. The first kappa shape index (κ1) is 19.8. The molecule has 0 fully saturated rings. The number of esters is 1. The van der Waals surface area contributed by atoms with Crippen molar-refractivity contribution in [1.82, 2.24) is 0 Å². The van der Waals surface area contributed by atoms with Crippen LogP contribution in [0.3, 0.4) is 0 Å². The van der Waals surface area contributed by atoms with Gasteiger partial charge in [-0.2, -0.15) is 0 Å². The van der Waals surface area contributed by atoms with E-state index < -0.39 is 29.9 Å². The van der Waals surface area contributed by atoms with Crippen LogP contribution in [0.15, 0.2) is 0 Å². The normalized spacial score (nSPS) is 12.0. The average molecular weight is 308 g/mol. The van der Waals surface area contributed by atoms with E-state index in [1.54, 1.807) is 6.92 Å². The number of hydrogen-bond acceptors (Lipinski definition) is 7. The minimum Gasteiger partial charge on any atom is -0.480 e. The summed E-state index contributed by atoms with van der Waals surface area (Å²) in [6.07, 6.45) is -2.20. The molecule has 0 heterocycles. The molecule has 8 nitrogen and oxygen atoms in total. The van der Waals surface area contributed by atoms with Gasteiger partial charge in [-0.05, 0) is 6.92 Å². The quantitative estimate of drug-likeness (QED) is 0.337. The molecule has 0 saturated heterocycles. The van der Waals surface area contributed by atoms with E-state index in [0.717, 1.165) is 0 Å². The molecule has 0 aliphatic heterocycles. The first-order valence-corrected chi connectivity index (χ1v) is 6.43. The Morgan fingerprint density at radius 2 is 1.33 bits per heavy atom. The SMILES string of the molecule is CCOC(=O)C(CC(OC)OC)(CC(OC)OC)C(=O)O. The molecule has 0 aromatic carbocycles. The second-order valence-electron chi connectivity index (χ2n) is 4.32. The predicted octanol–water partition coefficient (Wildman–Crippen LogP) is 0.639. The van der Waals surface area contributed by atoms with Crippen molar-refractivity contribution in [3.05, 3.63) is 0 Å². The molecule has 1 N–H and O–H groups in total. The zero-order chi connectivity index (χ0) is 16.5. The zero-order valence-corrected chi connectivity index (χ0v) is 13.1. The standard InChI is InChI=1S/C13H24O8/c1-6-21-12(16)13(11(14)15,7-9(17-2)18-3)8-10(19-4)20-5/h9-10H,6-8H2,1-5H3,(H,14,15). The Morgan fingerprint density at radius 1 is 0.952 bits per heavy atom. The fourth-order valence-electron chi connectivity index (χ4n) is 1.88. The van der Waals surface area contributed by atoms with Gasteiger partial charge in [-0.1, -0.05) is 0 Å². The Bertz CT molecular complexity index is 308. The zero-order valence-electron chi connectivity index (χ0n) is 13.1. The third-order valence-corrected chi connectivity index (χ3v) is 3.16. The largest absolute Gasteiger partial charge is 0.480 e. The van der Waals surface area contributed by atoms with E-state index in [1.165, 1.54) is 28.4 Å². The van der Waals surface area contributed by atoms with Crippen LogP contribution >= 0.6 is 0 Å². The van der Waals surface area contributed by atoms with Crippen molar-refractivity contribution < 1.29 is 38.4 Å². The fraction of sp³-hybridized carbons (Fsp3) is 0.846. The predicted molar refractivity (Wildman–Crippen MR) is 71.5 cm³/mol. The van der Waals surface area contributed by atoms with Gasteiger partial charge in [0, 0.05) is 41.3 Å². The number of carboxylic acids is 1. The smallest absolute Gasteiger partial charge is 0.323 e. The highest BCUT2D eigenvalue weighted by Crippen LogP contribution is 2.34. The van der Waals surface area contributed by atoms with Crippen molar-refractivity contribution in [2.24, 2.45) is 5.41 Å². The van der Waals surface area contributed by atoms with E-state index in [2.05, 4.69) is 0 Å². The van der Waals surface area contributed by atoms with Gasteiger partial charge < -0.3 is 28.8 Å². The van der Waals surface area contributed by atoms with Crippen LogP contribution in [-0.4, -0.2) is 64.7 Å². The van der Waals surface area contributed by atoms with Crippen LogP contribution in [0.1, 0.15) is 19.8 Å². The van der Waals surface area contributed by atoms with Gasteiger partial charge >= 0.3 is 11.9 Å². The van der Waals surface area contributed by atoms with Gasteiger partial charge in [0.15, 0.2) is 18.0 Å². The third-order valence-electron chi connectivity index (χ3n) is 3.16. The molecule has 0 bridgehead atoms. The van der Waals surface area contributed by atoms with E-state index >= 15 is 0 Å². The van der Waals surface area contributed by atoms with Crippen molar-refractivity contribution in [1.29, 1.82) is 0 Å². The number of carbonyl (C=O) groups is 2. The molecule has 0 atom stereocenters. The minimum absolute atomic E-state index is 0.0587. The van der Waals surface area contributed by atoms with Gasteiger partial charge in [0.05, 0.1) is 6.61 Å². The first-order chi connectivity index (χ1) is 9.91. The molecule has 0 radical (unpaired) electrons. The molecule has 21 heavy (non-hydrogen) atoms. The highest BCUT2D eigenvalue weighted by molar-refractivity contribution is 5.99. The van der Waals surface area contributed by atoms with Crippen molar-refractivity contribution in [2.75, 3.05) is 35.0 Å². The third kappa shape index (κ3) is 5.24. The molecule has 0 spiro atoms. The van der Waals surface area contributed by atoms with Gasteiger partial charge in [0.1, 0.15) is 0 Å². The van der Waals surface area contributed by atoms with Crippen LogP contribution in [0.5, 0.6) is 0 Å². The van der Waals surface area contributed by atoms with Crippen LogP contribution in [0.4, 0.5) is 0 Å². The summed E-state index contributed by atoms with van der Waals surface area (Å²) in [5, 5.41) is 9.58. The Morgan fingerprint density at radius 3 is 1.57 bits per heavy atom. The average Bonchev–Trinajstić information content (AvgIpc) is 2.48. The molecule has 0 aromatic rings. The lowest BCUT2D eigenvalue weighted by molar-refractivity contribution is -0.195. The second-order valence-corrected chi connectivity index (χ2v) is 4.32. The maximum atomic E-state index is 12.2. The van der Waals surface area contributed by atoms with Gasteiger partial charge in [-0.25, -0.2) is 0 Å². The summed E-state index contributed by atoms with van der Waals surface area (Å²) in [6, 6.07) is 0. The van der Waals surface area contributed by atoms with Gasteiger partial charge in [0.25, 0.3) is 0 Å². The van der Waals surface area contributed by atoms with E-state index in [1.807, 2.05) is 0 Å². The summed E-state index contributed by atoms with van der Waals surface area (Å²) >= 11 is 0. The number of carbonyl (C=O) groups excluding carboxylic acids is 1. The number of rotatable bonds is 11. The summed E-state index contributed by atoms with van der Waals surface area (Å²) < 4.78 is 24.9. The topological polar surface area (TPSA) is 101 Å². The number of aliphatic carboxylic acids is 1. The van der Waals surface area contributed by atoms with E-state index in [-0.39, 0.29) is 19.4 Å². The summed E-state index contributed by atoms with van der Waals surface area (Å²) in [6.45, 7) is 1.65. The molecule has 0 aliphatic rings. The maximum Gasteiger partial charge on any atom is 0.323 e. The highest BCUT2D eigenvalue weighted by Gasteiger charge is 2.51. The van der Waals surface area contributed by atoms with Crippen LogP contribution < -0.4 is 0 Å². The molecule has 0 unspecified atom stereocenters. The number of ether oxygens (including phenoxy) is 5. The molecular weight excluding hydrogens is 284 g/mol. The van der Waals surface area contributed by atoms with E-state index in [9.17, 15) is 14.7 Å². The minimum atomic E-state index is -1.89. The van der Waals surface area contributed by atoms with E-state index in [4.69, 9.17) is 23.7 Å². The highest BCUT2D eigenvalue weighted by atomic mass is 16.7. The molecule has 0 rings (SSSR count). The van der Waals surface area contributed by atoms with Crippen molar-refractivity contribution in [2.45, 2.75) is 32.3 Å². The lowest BCUT2D eigenvalue weighted by Gasteiger charge is -2.31. The molecule has 8 heteroatoms. The Balaban J connectivity index is 5.52. The monoisotopic (exact) mass is 308 g/mol. The van der Waals surface area contributed by atoms with Crippen molar-refractivity contribution >= 4 is 11.9 Å². The van der Waals surface area contributed by atoms with Crippen LogP contribution in [0, 0.1) is 5.41 Å². The van der Waals surface area contributed by atoms with Crippen LogP contribution in [0.2, 0.25) is 0 Å². The fourth-order valence-corrected chi connectivity index (χ4v) is 1.88. The van der Waals surface area contributed by atoms with Gasteiger partial charge in [-0.15, -0.1) is 0 Å². The molecule has 0 aromatic heterocycles. The van der Waals surface area contributed by atoms with Crippen LogP contribution in [-0.2, 0) is 33.3 Å². The summed E-state index contributed by atoms with van der Waals surface area (Å²) in [5.74, 6) is -2.23. The van der Waals surface area contributed by atoms with Crippen molar-refractivity contribution in [3.63, 3.8) is 0 Å². The lowest BCUT2D eigenvalue weighted by Crippen LogP contribution is -2.46. The Hall–Kier alpha value is -1.22. The summed E-state index contributed by atoms with van der Waals surface area (Å²) in [4.78, 5) is 24.0. The first-order valence-electron chi connectivity index (χ1n) is 6.43.